The molecular formula is C11H14F2N2O2. The summed E-state index contributed by atoms with van der Waals surface area (Å²) >= 11 is 0. The van der Waals surface area contributed by atoms with Crippen LogP contribution in [0.4, 0.5) is 14.5 Å². The van der Waals surface area contributed by atoms with E-state index in [1.165, 1.54) is 12.1 Å². The molecule has 0 fully saturated rings. The molecule has 0 heterocycles. The van der Waals surface area contributed by atoms with Crippen molar-refractivity contribution in [3.63, 3.8) is 0 Å². The van der Waals surface area contributed by atoms with E-state index in [9.17, 15) is 13.6 Å². The Morgan fingerprint density at radius 3 is 2.76 bits per heavy atom. The molecule has 0 aromatic heterocycles. The molecule has 4 nitrogen and oxygen atoms in total. The number of nitrogens with two attached hydrogens (primary N) is 1. The Balaban J connectivity index is 2.78. The van der Waals surface area contributed by atoms with Gasteiger partial charge in [0.1, 0.15) is 5.75 Å². The van der Waals surface area contributed by atoms with E-state index in [2.05, 4.69) is 5.32 Å². The van der Waals surface area contributed by atoms with Crippen LogP contribution in [0.1, 0.15) is 17.3 Å². The third-order valence-electron chi connectivity index (χ3n) is 1.92. The van der Waals surface area contributed by atoms with Crippen LogP contribution in [0.25, 0.3) is 0 Å². The lowest BCUT2D eigenvalue weighted by Gasteiger charge is -2.08. The van der Waals surface area contributed by atoms with Crippen LogP contribution in [0.5, 0.6) is 5.75 Å². The second-order valence-corrected chi connectivity index (χ2v) is 3.32. The van der Waals surface area contributed by atoms with Crippen LogP contribution in [0.15, 0.2) is 18.2 Å². The number of alkyl halides is 2. The number of rotatable bonds is 5. The zero-order valence-corrected chi connectivity index (χ0v) is 9.37. The summed E-state index contributed by atoms with van der Waals surface area (Å²) in [6.45, 7) is 1.54. The maximum atomic E-state index is 11.9. The SMILES string of the molecule is CCOc1cc(N)cc(C(=O)NCC(F)F)c1. The minimum atomic E-state index is -2.58. The summed E-state index contributed by atoms with van der Waals surface area (Å²) in [6, 6.07) is 4.43. The first kappa shape index (κ1) is 13.2. The number of nitrogen functional groups attached to an aromatic ring is 1. The summed E-state index contributed by atoms with van der Waals surface area (Å²) in [5.74, 6) is -0.159. The third kappa shape index (κ3) is 4.26. The maximum Gasteiger partial charge on any atom is 0.255 e. The van der Waals surface area contributed by atoms with Crippen LogP contribution in [0.2, 0.25) is 0 Å². The molecule has 0 saturated heterocycles. The molecule has 1 aromatic carbocycles. The Labute approximate surface area is 97.8 Å². The molecular weight excluding hydrogens is 230 g/mol. The summed E-state index contributed by atoms with van der Waals surface area (Å²) in [5, 5.41) is 2.09. The second-order valence-electron chi connectivity index (χ2n) is 3.32. The lowest BCUT2D eigenvalue weighted by atomic mass is 10.1. The van der Waals surface area contributed by atoms with Gasteiger partial charge in [-0.2, -0.15) is 0 Å². The molecule has 17 heavy (non-hydrogen) atoms. The van der Waals surface area contributed by atoms with Crippen LogP contribution < -0.4 is 15.8 Å². The van der Waals surface area contributed by atoms with E-state index in [0.29, 0.717) is 18.0 Å². The summed E-state index contributed by atoms with van der Waals surface area (Å²) in [6.07, 6.45) is -2.58. The number of benzene rings is 1. The predicted octanol–water partition coefficient (Wildman–Crippen LogP) is 1.66. The minimum absolute atomic E-state index is 0.203. The van der Waals surface area contributed by atoms with Gasteiger partial charge in [0, 0.05) is 17.3 Å². The van der Waals surface area contributed by atoms with Crippen LogP contribution in [0, 0.1) is 0 Å². The monoisotopic (exact) mass is 244 g/mol. The van der Waals surface area contributed by atoms with Gasteiger partial charge in [0.05, 0.1) is 13.2 Å². The molecule has 0 bridgehead atoms. The molecule has 1 amide bonds. The molecule has 1 aromatic rings. The quantitative estimate of drug-likeness (QED) is 0.774. The molecule has 94 valence electrons. The van der Waals surface area contributed by atoms with Gasteiger partial charge in [0.15, 0.2) is 0 Å². The summed E-state index contributed by atoms with van der Waals surface area (Å²) in [7, 11) is 0. The topological polar surface area (TPSA) is 64.3 Å². The lowest BCUT2D eigenvalue weighted by molar-refractivity contribution is 0.0891. The standard InChI is InChI=1S/C11H14F2N2O2/c1-2-17-9-4-7(3-8(14)5-9)11(16)15-6-10(12)13/h3-5,10H,2,6,14H2,1H3,(H,15,16). The highest BCUT2D eigenvalue weighted by Crippen LogP contribution is 2.18. The fourth-order valence-corrected chi connectivity index (χ4v) is 1.28. The molecule has 0 atom stereocenters. The summed E-state index contributed by atoms with van der Waals surface area (Å²) in [4.78, 5) is 11.5. The Kier molecular flexibility index (Phi) is 4.68. The Bertz CT molecular complexity index is 397. The fourth-order valence-electron chi connectivity index (χ4n) is 1.28. The Morgan fingerprint density at radius 2 is 2.18 bits per heavy atom. The number of halogens is 2. The number of carbonyl (C=O) groups is 1. The van der Waals surface area contributed by atoms with Gasteiger partial charge in [-0.15, -0.1) is 0 Å². The number of hydrogen-bond acceptors (Lipinski definition) is 3. The normalized spacial score (nSPS) is 10.4. The van der Waals surface area contributed by atoms with Crippen molar-refractivity contribution in [2.45, 2.75) is 13.3 Å². The van der Waals surface area contributed by atoms with Gasteiger partial charge < -0.3 is 15.8 Å². The summed E-state index contributed by atoms with van der Waals surface area (Å²) in [5.41, 5.74) is 6.12. The number of nitrogens with one attached hydrogen (secondary N) is 1. The van der Waals surface area contributed by atoms with E-state index in [0.717, 1.165) is 0 Å². The predicted molar refractivity (Wildman–Crippen MR) is 60.4 cm³/mol. The van der Waals surface area contributed by atoms with Crippen molar-refractivity contribution < 1.29 is 18.3 Å². The summed E-state index contributed by atoms with van der Waals surface area (Å²) < 4.78 is 29.0. The third-order valence-corrected chi connectivity index (χ3v) is 1.92. The minimum Gasteiger partial charge on any atom is -0.494 e. The Hall–Kier alpha value is -1.85. The van der Waals surface area contributed by atoms with E-state index in [1.807, 2.05) is 0 Å². The van der Waals surface area contributed by atoms with Gasteiger partial charge in [0.2, 0.25) is 0 Å². The number of anilines is 1. The number of amides is 1. The molecule has 0 spiro atoms. The average Bonchev–Trinajstić information content (AvgIpc) is 2.25. The van der Waals surface area contributed by atoms with E-state index < -0.39 is 18.9 Å². The molecule has 6 heteroatoms. The molecule has 0 saturated carbocycles. The first-order valence-electron chi connectivity index (χ1n) is 5.12. The highest BCUT2D eigenvalue weighted by molar-refractivity contribution is 5.95. The van der Waals surface area contributed by atoms with Crippen molar-refractivity contribution in [1.29, 1.82) is 0 Å². The van der Waals surface area contributed by atoms with Gasteiger partial charge >= 0.3 is 0 Å². The zero-order chi connectivity index (χ0) is 12.8. The van der Waals surface area contributed by atoms with Crippen molar-refractivity contribution >= 4 is 11.6 Å². The van der Waals surface area contributed by atoms with E-state index in [4.69, 9.17) is 10.5 Å². The molecule has 0 aliphatic carbocycles. The van der Waals surface area contributed by atoms with Crippen LogP contribution in [0.3, 0.4) is 0 Å². The largest absolute Gasteiger partial charge is 0.494 e. The van der Waals surface area contributed by atoms with Gasteiger partial charge in [-0.1, -0.05) is 0 Å². The number of carbonyl (C=O) groups excluding carboxylic acids is 1. The highest BCUT2D eigenvalue weighted by Gasteiger charge is 2.10. The van der Waals surface area contributed by atoms with E-state index >= 15 is 0 Å². The van der Waals surface area contributed by atoms with E-state index in [-0.39, 0.29) is 5.56 Å². The van der Waals surface area contributed by atoms with Gasteiger partial charge in [-0.25, -0.2) is 8.78 Å². The van der Waals surface area contributed by atoms with Crippen molar-refractivity contribution in [3.8, 4) is 5.75 Å². The van der Waals surface area contributed by atoms with Gasteiger partial charge in [-0.3, -0.25) is 4.79 Å². The molecule has 0 unspecified atom stereocenters. The van der Waals surface area contributed by atoms with Crippen molar-refractivity contribution in [2.24, 2.45) is 0 Å². The zero-order valence-electron chi connectivity index (χ0n) is 9.37. The molecule has 0 aliphatic rings. The number of hydrogen-bond donors (Lipinski definition) is 2. The van der Waals surface area contributed by atoms with Crippen LogP contribution in [-0.4, -0.2) is 25.5 Å². The molecule has 1 rings (SSSR count). The first-order valence-corrected chi connectivity index (χ1v) is 5.12. The average molecular weight is 244 g/mol. The van der Waals surface area contributed by atoms with Crippen molar-refractivity contribution in [3.05, 3.63) is 23.8 Å². The fraction of sp³-hybridized carbons (Fsp3) is 0.364. The van der Waals surface area contributed by atoms with Crippen LogP contribution in [-0.2, 0) is 0 Å². The van der Waals surface area contributed by atoms with Gasteiger partial charge in [0.25, 0.3) is 12.3 Å². The van der Waals surface area contributed by atoms with Gasteiger partial charge in [-0.05, 0) is 19.1 Å². The smallest absolute Gasteiger partial charge is 0.255 e. The van der Waals surface area contributed by atoms with Crippen LogP contribution >= 0.6 is 0 Å². The first-order chi connectivity index (χ1) is 8.02. The Morgan fingerprint density at radius 1 is 1.47 bits per heavy atom. The molecule has 0 aliphatic heterocycles. The number of ether oxygens (including phenoxy) is 1. The molecule has 0 radical (unpaired) electrons. The van der Waals surface area contributed by atoms with Crippen molar-refractivity contribution in [2.75, 3.05) is 18.9 Å². The second kappa shape index (κ2) is 6.03. The van der Waals surface area contributed by atoms with E-state index in [1.54, 1.807) is 13.0 Å². The van der Waals surface area contributed by atoms with Crippen molar-refractivity contribution in [1.82, 2.24) is 5.32 Å². The molecule has 3 N–H and O–H groups in total. The maximum absolute atomic E-state index is 11.9. The highest BCUT2D eigenvalue weighted by atomic mass is 19.3. The lowest BCUT2D eigenvalue weighted by Crippen LogP contribution is -2.28.